The van der Waals surface area contributed by atoms with Gasteiger partial charge in [-0.1, -0.05) is 6.92 Å². The highest BCUT2D eigenvalue weighted by molar-refractivity contribution is 8.00. The van der Waals surface area contributed by atoms with Crippen LogP contribution in [0.15, 0.2) is 0 Å². The van der Waals surface area contributed by atoms with Crippen molar-refractivity contribution < 1.29 is 4.74 Å². The van der Waals surface area contributed by atoms with Gasteiger partial charge in [0.1, 0.15) is 0 Å². The third kappa shape index (κ3) is 3.81. The van der Waals surface area contributed by atoms with Crippen LogP contribution in [0.2, 0.25) is 0 Å². The van der Waals surface area contributed by atoms with E-state index in [2.05, 4.69) is 24.1 Å². The van der Waals surface area contributed by atoms with Crippen molar-refractivity contribution in [1.29, 1.82) is 0 Å². The Bertz CT molecular complexity index is 214. The van der Waals surface area contributed by atoms with Crippen molar-refractivity contribution >= 4 is 29.1 Å². The predicted octanol–water partition coefficient (Wildman–Crippen LogP) is 1.33. The summed E-state index contributed by atoms with van der Waals surface area (Å²) >= 11 is 7.39. The number of thioether (sulfide) groups is 1. The zero-order valence-corrected chi connectivity index (χ0v) is 11.3. The quantitative estimate of drug-likeness (QED) is 0.600. The summed E-state index contributed by atoms with van der Waals surface area (Å²) in [5.74, 6) is 1.16. The van der Waals surface area contributed by atoms with Gasteiger partial charge in [0.2, 0.25) is 0 Å². The highest BCUT2D eigenvalue weighted by Gasteiger charge is 2.26. The van der Waals surface area contributed by atoms with Crippen LogP contribution in [0.5, 0.6) is 0 Å². The van der Waals surface area contributed by atoms with E-state index in [0.717, 1.165) is 24.0 Å². The number of hydrogen-bond donors (Lipinski definition) is 1. The second kappa shape index (κ2) is 6.55. The van der Waals surface area contributed by atoms with Crippen LogP contribution in [0.25, 0.3) is 0 Å². The van der Waals surface area contributed by atoms with E-state index in [0.29, 0.717) is 17.9 Å². The molecule has 2 unspecified atom stereocenters. The molecule has 3 nitrogen and oxygen atoms in total. The lowest BCUT2D eigenvalue weighted by molar-refractivity contribution is 0.202. The lowest BCUT2D eigenvalue weighted by Crippen LogP contribution is -2.52. The average molecular weight is 248 g/mol. The molecule has 1 fully saturated rings. The summed E-state index contributed by atoms with van der Waals surface area (Å²) in [5, 5.41) is 4.75. The second-order valence-corrected chi connectivity index (χ2v) is 5.61. The van der Waals surface area contributed by atoms with Crippen LogP contribution in [0, 0.1) is 0 Å². The van der Waals surface area contributed by atoms with Gasteiger partial charge in [0.15, 0.2) is 5.11 Å². The molecule has 2 atom stereocenters. The Kier molecular flexibility index (Phi) is 5.71. The average Bonchev–Trinajstić information content (AvgIpc) is 2.22. The molecule has 0 aliphatic carbocycles. The van der Waals surface area contributed by atoms with Crippen LogP contribution in [0.4, 0.5) is 0 Å². The Balaban J connectivity index is 2.37. The molecule has 0 aromatic carbocycles. The number of methoxy groups -OCH3 is 1. The topological polar surface area (TPSA) is 24.5 Å². The lowest BCUT2D eigenvalue weighted by atomic mass is 10.2. The van der Waals surface area contributed by atoms with Gasteiger partial charge < -0.3 is 15.0 Å². The summed E-state index contributed by atoms with van der Waals surface area (Å²) in [5.41, 5.74) is 0. The van der Waals surface area contributed by atoms with Crippen LogP contribution in [-0.2, 0) is 4.74 Å². The maximum absolute atomic E-state index is 5.37. The summed E-state index contributed by atoms with van der Waals surface area (Å²) in [6, 6.07) is 0.520. The van der Waals surface area contributed by atoms with E-state index in [1.54, 1.807) is 7.11 Å². The molecule has 0 saturated carbocycles. The molecular weight excluding hydrogens is 228 g/mol. The van der Waals surface area contributed by atoms with Crippen molar-refractivity contribution in [3.63, 3.8) is 0 Å². The normalized spacial score (nSPS) is 26.5. The monoisotopic (exact) mass is 248 g/mol. The number of ether oxygens (including phenoxy) is 1. The first-order chi connectivity index (χ1) is 7.16. The molecule has 1 saturated heterocycles. The first kappa shape index (κ1) is 13.1. The molecule has 1 aliphatic heterocycles. The fourth-order valence-corrected chi connectivity index (χ4v) is 3.04. The summed E-state index contributed by atoms with van der Waals surface area (Å²) in [4.78, 5) is 2.28. The van der Waals surface area contributed by atoms with E-state index in [4.69, 9.17) is 17.0 Å². The standard InChI is InChI=1S/C10H20N2OS2/c1-8-9(2)15-7-5-12(8)10(14)11-4-6-13-3/h8-9H,4-7H2,1-3H3,(H,11,14). The molecule has 1 aliphatic rings. The Labute approximate surface area is 102 Å². The first-order valence-corrected chi connectivity index (χ1v) is 6.77. The van der Waals surface area contributed by atoms with Crippen molar-refractivity contribution in [2.45, 2.75) is 25.1 Å². The molecule has 0 aromatic heterocycles. The molecule has 0 bridgehead atoms. The minimum absolute atomic E-state index is 0.520. The van der Waals surface area contributed by atoms with Gasteiger partial charge in [-0.05, 0) is 19.1 Å². The van der Waals surface area contributed by atoms with E-state index >= 15 is 0 Å². The summed E-state index contributed by atoms with van der Waals surface area (Å²) in [7, 11) is 1.70. The van der Waals surface area contributed by atoms with Crippen molar-refractivity contribution in [2.75, 3.05) is 32.6 Å². The Hall–Kier alpha value is 0. The molecule has 0 radical (unpaired) electrons. The molecule has 0 aromatic rings. The Morgan fingerprint density at radius 2 is 2.33 bits per heavy atom. The summed E-state index contributed by atoms with van der Waals surface area (Å²) in [6.45, 7) is 7.04. The highest BCUT2D eigenvalue weighted by atomic mass is 32.2. The van der Waals surface area contributed by atoms with Crippen molar-refractivity contribution in [2.24, 2.45) is 0 Å². The zero-order chi connectivity index (χ0) is 11.3. The summed E-state index contributed by atoms with van der Waals surface area (Å²) in [6.07, 6.45) is 0. The third-order valence-corrected chi connectivity index (χ3v) is 4.44. The van der Waals surface area contributed by atoms with E-state index in [9.17, 15) is 0 Å². The highest BCUT2D eigenvalue weighted by Crippen LogP contribution is 2.23. The van der Waals surface area contributed by atoms with Gasteiger partial charge in [-0.3, -0.25) is 0 Å². The molecule has 0 amide bonds. The maximum Gasteiger partial charge on any atom is 0.169 e. The number of rotatable bonds is 3. The number of hydrogen-bond acceptors (Lipinski definition) is 3. The smallest absolute Gasteiger partial charge is 0.169 e. The molecule has 88 valence electrons. The largest absolute Gasteiger partial charge is 0.383 e. The van der Waals surface area contributed by atoms with Gasteiger partial charge in [0.05, 0.1) is 6.61 Å². The fraction of sp³-hybridized carbons (Fsp3) is 0.900. The maximum atomic E-state index is 5.37. The van der Waals surface area contributed by atoms with E-state index in [1.165, 1.54) is 0 Å². The van der Waals surface area contributed by atoms with Gasteiger partial charge >= 0.3 is 0 Å². The Morgan fingerprint density at radius 1 is 1.60 bits per heavy atom. The van der Waals surface area contributed by atoms with Crippen LogP contribution in [-0.4, -0.2) is 53.9 Å². The molecule has 1 rings (SSSR count). The third-order valence-electron chi connectivity index (χ3n) is 2.73. The van der Waals surface area contributed by atoms with Gasteiger partial charge in [-0.25, -0.2) is 0 Å². The van der Waals surface area contributed by atoms with Gasteiger partial charge in [0, 0.05) is 37.2 Å². The van der Waals surface area contributed by atoms with Crippen molar-refractivity contribution in [3.8, 4) is 0 Å². The second-order valence-electron chi connectivity index (χ2n) is 3.73. The minimum Gasteiger partial charge on any atom is -0.383 e. The Morgan fingerprint density at radius 3 is 3.00 bits per heavy atom. The van der Waals surface area contributed by atoms with Crippen molar-refractivity contribution in [1.82, 2.24) is 10.2 Å². The molecule has 1 heterocycles. The predicted molar refractivity (Wildman–Crippen MR) is 70.6 cm³/mol. The molecule has 15 heavy (non-hydrogen) atoms. The fourth-order valence-electron chi connectivity index (χ4n) is 1.58. The number of nitrogens with one attached hydrogen (secondary N) is 1. The molecule has 1 N–H and O–H groups in total. The first-order valence-electron chi connectivity index (χ1n) is 5.32. The van der Waals surface area contributed by atoms with Gasteiger partial charge in [-0.15, -0.1) is 0 Å². The molecule has 0 spiro atoms. The van der Waals surface area contributed by atoms with Crippen LogP contribution in [0.3, 0.4) is 0 Å². The minimum atomic E-state index is 0.520. The SMILES string of the molecule is COCCNC(=S)N1CCSC(C)C1C. The zero-order valence-electron chi connectivity index (χ0n) is 9.66. The number of nitrogens with zero attached hydrogens (tertiary/aromatic N) is 1. The van der Waals surface area contributed by atoms with Crippen molar-refractivity contribution in [3.05, 3.63) is 0 Å². The van der Waals surface area contributed by atoms with E-state index in [-0.39, 0.29) is 0 Å². The van der Waals surface area contributed by atoms with Gasteiger partial charge in [0.25, 0.3) is 0 Å². The van der Waals surface area contributed by atoms with Crippen LogP contribution >= 0.6 is 24.0 Å². The van der Waals surface area contributed by atoms with Crippen LogP contribution in [0.1, 0.15) is 13.8 Å². The molecular formula is C10H20N2OS2. The number of thiocarbonyl (C=S) groups is 1. The van der Waals surface area contributed by atoms with E-state index in [1.807, 2.05) is 11.8 Å². The molecule has 5 heteroatoms. The lowest BCUT2D eigenvalue weighted by Gasteiger charge is -2.39. The van der Waals surface area contributed by atoms with Gasteiger partial charge in [-0.2, -0.15) is 11.8 Å². The van der Waals surface area contributed by atoms with Crippen LogP contribution < -0.4 is 5.32 Å². The van der Waals surface area contributed by atoms with E-state index < -0.39 is 0 Å². The summed E-state index contributed by atoms with van der Waals surface area (Å²) < 4.78 is 4.98.